The number of hydrogen-bond acceptors (Lipinski definition) is 5. The number of amides is 1. The van der Waals surface area contributed by atoms with Crippen LogP contribution in [-0.2, 0) is 16.1 Å². The minimum absolute atomic E-state index is 0.114. The predicted octanol–water partition coefficient (Wildman–Crippen LogP) is 1.79. The normalized spacial score (nSPS) is 24.4. The minimum atomic E-state index is -0.460. The number of aliphatic hydroxyl groups excluding tert-OH is 1. The zero-order valence-electron chi connectivity index (χ0n) is 18.5. The third-order valence-electron chi connectivity index (χ3n) is 6.72. The van der Waals surface area contributed by atoms with Gasteiger partial charge in [0.25, 0.3) is 5.56 Å². The summed E-state index contributed by atoms with van der Waals surface area (Å²) in [5.41, 5.74) is 1.78. The van der Waals surface area contributed by atoms with Gasteiger partial charge in [0.1, 0.15) is 5.82 Å². The fraction of sp³-hybridized carbons (Fsp3) is 0.500. The Labute approximate surface area is 186 Å². The number of methoxy groups -OCH3 is 1. The molecule has 4 rings (SSSR count). The Bertz CT molecular complexity index is 1020. The van der Waals surface area contributed by atoms with Gasteiger partial charge in [-0.15, -0.1) is 0 Å². The molecule has 0 spiro atoms. The number of fused-ring (bicyclic) bond motifs is 4. The highest BCUT2D eigenvalue weighted by molar-refractivity contribution is 5.80. The molecule has 2 bridgehead atoms. The molecule has 0 radical (unpaired) electrons. The number of nitrogens with one attached hydrogen (secondary N) is 1. The quantitative estimate of drug-likeness (QED) is 0.608. The number of carbonyl (C=O) groups is 1. The lowest BCUT2D eigenvalue weighted by molar-refractivity contribution is -0.127. The van der Waals surface area contributed by atoms with Gasteiger partial charge >= 0.3 is 0 Å². The zero-order valence-corrected chi connectivity index (χ0v) is 18.5. The van der Waals surface area contributed by atoms with Crippen molar-refractivity contribution in [3.05, 3.63) is 58.3 Å². The maximum Gasteiger partial charge on any atom is 0.258 e. The van der Waals surface area contributed by atoms with Gasteiger partial charge < -0.3 is 19.7 Å². The van der Waals surface area contributed by atoms with Crippen LogP contribution < -0.4 is 10.9 Å². The van der Waals surface area contributed by atoms with E-state index >= 15 is 0 Å². The van der Waals surface area contributed by atoms with Crippen molar-refractivity contribution in [3.8, 4) is 11.1 Å². The first-order valence-electron chi connectivity index (χ1n) is 11.1. The number of aromatic nitrogens is 1. The first-order chi connectivity index (χ1) is 15.5. The Morgan fingerprint density at radius 2 is 2.00 bits per heavy atom. The molecule has 7 nitrogen and oxygen atoms in total. The molecule has 4 atom stereocenters. The van der Waals surface area contributed by atoms with Crippen LogP contribution in [0.4, 0.5) is 4.39 Å². The number of aliphatic hydroxyl groups is 1. The number of halogens is 1. The molecular formula is C24H30FN3O4. The summed E-state index contributed by atoms with van der Waals surface area (Å²) in [7, 11) is 1.58. The molecule has 1 aromatic heterocycles. The van der Waals surface area contributed by atoms with Crippen molar-refractivity contribution in [1.82, 2.24) is 14.8 Å². The molecule has 32 heavy (non-hydrogen) atoms. The van der Waals surface area contributed by atoms with E-state index in [1.54, 1.807) is 29.9 Å². The van der Waals surface area contributed by atoms with Crippen molar-refractivity contribution >= 4 is 5.91 Å². The maximum atomic E-state index is 13.4. The molecule has 2 aliphatic heterocycles. The minimum Gasteiger partial charge on any atom is -0.396 e. The summed E-state index contributed by atoms with van der Waals surface area (Å²) in [5.74, 6) is -1.22. The highest BCUT2D eigenvalue weighted by atomic mass is 19.1. The standard InChI is InChI=1S/C24H30FN3O4/c1-3-11-27-20-13-28-19(9-8-17(24(28)31)15-4-6-16(25)7-5-15)22(27)21(18(20)14-29)23(30)26-10-12-32-2/h4-9,18,20-22,29H,3,10-14H2,1-2H3,(H,26,30)/t18-,20-,21+,22+/m1/s1. The van der Waals surface area contributed by atoms with Crippen LogP contribution in [0.15, 0.2) is 41.2 Å². The van der Waals surface area contributed by atoms with E-state index in [0.717, 1.165) is 18.7 Å². The van der Waals surface area contributed by atoms with E-state index in [-0.39, 0.29) is 41.9 Å². The van der Waals surface area contributed by atoms with E-state index in [4.69, 9.17) is 4.74 Å². The fourth-order valence-corrected chi connectivity index (χ4v) is 5.33. The molecule has 172 valence electrons. The van der Waals surface area contributed by atoms with Crippen molar-refractivity contribution < 1.29 is 19.0 Å². The lowest BCUT2D eigenvalue weighted by Gasteiger charge is -2.38. The number of rotatable bonds is 8. The van der Waals surface area contributed by atoms with Crippen molar-refractivity contribution in [2.75, 3.05) is 33.4 Å². The molecule has 8 heteroatoms. The number of hydrogen-bond donors (Lipinski definition) is 2. The monoisotopic (exact) mass is 443 g/mol. The molecule has 2 N–H and O–H groups in total. The van der Waals surface area contributed by atoms with Crippen LogP contribution in [0.3, 0.4) is 0 Å². The number of carbonyl (C=O) groups excluding carboxylic acids is 1. The molecule has 0 saturated carbocycles. The van der Waals surface area contributed by atoms with Gasteiger partial charge in [-0.3, -0.25) is 14.5 Å². The van der Waals surface area contributed by atoms with Gasteiger partial charge in [0.15, 0.2) is 0 Å². The zero-order chi connectivity index (χ0) is 22.8. The van der Waals surface area contributed by atoms with Crippen LogP contribution in [0.2, 0.25) is 0 Å². The SMILES string of the molecule is CCCN1[C@@H]2Cn3c(ccc(-c4ccc(F)cc4)c3=O)[C@H]1[C@@H](C(=O)NCCOC)[C@@H]2CO. The highest BCUT2D eigenvalue weighted by Gasteiger charge is 2.55. The van der Waals surface area contributed by atoms with E-state index in [1.807, 2.05) is 6.07 Å². The lowest BCUT2D eigenvalue weighted by Crippen LogP contribution is -2.47. The third-order valence-corrected chi connectivity index (χ3v) is 6.72. The number of benzene rings is 1. The Morgan fingerprint density at radius 3 is 2.66 bits per heavy atom. The maximum absolute atomic E-state index is 13.4. The second kappa shape index (κ2) is 9.52. The van der Waals surface area contributed by atoms with Crippen molar-refractivity contribution in [1.29, 1.82) is 0 Å². The van der Waals surface area contributed by atoms with Crippen LogP contribution in [0.25, 0.3) is 11.1 Å². The summed E-state index contributed by atoms with van der Waals surface area (Å²) in [6, 6.07) is 9.14. The van der Waals surface area contributed by atoms with E-state index in [2.05, 4.69) is 17.1 Å². The van der Waals surface area contributed by atoms with Gasteiger partial charge in [-0.1, -0.05) is 19.1 Å². The molecule has 0 unspecified atom stereocenters. The topological polar surface area (TPSA) is 83.8 Å². The number of pyridine rings is 1. The fourth-order valence-electron chi connectivity index (χ4n) is 5.33. The van der Waals surface area contributed by atoms with E-state index in [1.165, 1.54) is 12.1 Å². The Hall–Kier alpha value is -2.55. The third kappa shape index (κ3) is 3.87. The molecule has 3 heterocycles. The first kappa shape index (κ1) is 22.6. The van der Waals surface area contributed by atoms with Gasteiger partial charge in [0.05, 0.1) is 18.6 Å². The number of nitrogens with zero attached hydrogens (tertiary/aromatic N) is 2. The van der Waals surface area contributed by atoms with Gasteiger partial charge in [-0.25, -0.2) is 4.39 Å². The summed E-state index contributed by atoms with van der Waals surface area (Å²) in [6.45, 7) is 3.95. The van der Waals surface area contributed by atoms with Crippen LogP contribution in [0.1, 0.15) is 25.1 Å². The average molecular weight is 444 g/mol. The predicted molar refractivity (Wildman–Crippen MR) is 119 cm³/mol. The Kier molecular flexibility index (Phi) is 6.74. The van der Waals surface area contributed by atoms with Gasteiger partial charge in [-0.05, 0) is 42.8 Å². The van der Waals surface area contributed by atoms with E-state index in [9.17, 15) is 19.1 Å². The average Bonchev–Trinajstić information content (AvgIpc) is 3.00. The smallest absolute Gasteiger partial charge is 0.258 e. The summed E-state index contributed by atoms with van der Waals surface area (Å²) in [5, 5.41) is 13.2. The molecule has 0 aliphatic carbocycles. The summed E-state index contributed by atoms with van der Waals surface area (Å²) in [6.07, 6.45) is 0.904. The van der Waals surface area contributed by atoms with Crippen LogP contribution in [0.5, 0.6) is 0 Å². The number of ether oxygens (including phenoxy) is 1. The summed E-state index contributed by atoms with van der Waals surface area (Å²) < 4.78 is 20.1. The summed E-state index contributed by atoms with van der Waals surface area (Å²) >= 11 is 0. The molecule has 2 aromatic rings. The van der Waals surface area contributed by atoms with Crippen molar-refractivity contribution in [2.45, 2.75) is 32.0 Å². The largest absolute Gasteiger partial charge is 0.396 e. The van der Waals surface area contributed by atoms with Crippen LogP contribution in [0, 0.1) is 17.7 Å². The molecule has 1 saturated heterocycles. The van der Waals surface area contributed by atoms with E-state index in [0.29, 0.717) is 30.8 Å². The molecule has 2 aliphatic rings. The lowest BCUT2D eigenvalue weighted by atomic mass is 9.86. The van der Waals surface area contributed by atoms with Gasteiger partial charge in [-0.2, -0.15) is 0 Å². The van der Waals surface area contributed by atoms with Crippen molar-refractivity contribution in [2.24, 2.45) is 11.8 Å². The van der Waals surface area contributed by atoms with E-state index < -0.39 is 5.92 Å². The van der Waals surface area contributed by atoms with Gasteiger partial charge in [0.2, 0.25) is 5.91 Å². The van der Waals surface area contributed by atoms with Crippen LogP contribution >= 0.6 is 0 Å². The van der Waals surface area contributed by atoms with Crippen LogP contribution in [-0.4, -0.2) is 59.9 Å². The first-order valence-corrected chi connectivity index (χ1v) is 11.1. The second-order valence-electron chi connectivity index (χ2n) is 8.50. The second-order valence-corrected chi connectivity index (χ2v) is 8.50. The molecule has 1 aromatic carbocycles. The molecule has 1 amide bonds. The Balaban J connectivity index is 1.76. The summed E-state index contributed by atoms with van der Waals surface area (Å²) in [4.78, 5) is 28.9. The Morgan fingerprint density at radius 1 is 1.25 bits per heavy atom. The molecular weight excluding hydrogens is 413 g/mol. The highest BCUT2D eigenvalue weighted by Crippen LogP contribution is 2.48. The molecule has 1 fully saturated rings. The van der Waals surface area contributed by atoms with Gasteiger partial charge in [0, 0.05) is 50.0 Å². The van der Waals surface area contributed by atoms with Crippen molar-refractivity contribution in [3.63, 3.8) is 0 Å².